The van der Waals surface area contributed by atoms with E-state index in [1.807, 2.05) is 0 Å². The van der Waals surface area contributed by atoms with E-state index in [-0.39, 0.29) is 0 Å². The highest BCUT2D eigenvalue weighted by molar-refractivity contribution is 6.32. The Bertz CT molecular complexity index is 15800. The van der Waals surface area contributed by atoms with Crippen LogP contribution >= 0.6 is 0 Å². The van der Waals surface area contributed by atoms with E-state index >= 15 is 0 Å². The van der Waals surface area contributed by atoms with Crippen LogP contribution in [-0.2, 0) is 10.8 Å². The van der Waals surface area contributed by atoms with Gasteiger partial charge in [-0.2, -0.15) is 0 Å². The van der Waals surface area contributed by atoms with Crippen molar-refractivity contribution in [3.63, 3.8) is 0 Å². The third-order valence-electron chi connectivity index (χ3n) is 25.1. The second-order valence-corrected chi connectivity index (χ2v) is 32.7. The van der Waals surface area contributed by atoms with Gasteiger partial charge in [0.2, 0.25) is 0 Å². The van der Waals surface area contributed by atoms with E-state index in [4.69, 9.17) is 90.0 Å². The summed E-state index contributed by atoms with van der Waals surface area (Å²) in [5, 5.41) is -18.6. The van der Waals surface area contributed by atoms with Gasteiger partial charge in [0, 0.05) is 71.6 Å². The normalized spacial score (nSPS) is 22.5. The minimum atomic E-state index is -4.01. The zero-order chi connectivity index (χ0) is 170. The Morgan fingerprint density at radius 2 is 0.455 bits per heavy atom. The first-order valence-corrected chi connectivity index (χ1v) is 42.7. The zero-order valence-electron chi connectivity index (χ0n) is 159. The van der Waals surface area contributed by atoms with Crippen molar-refractivity contribution in [1.29, 1.82) is 0 Å². The Hall–Kier alpha value is -18.0. The molecule has 0 bridgehead atoms. The van der Waals surface area contributed by atoms with E-state index in [0.29, 0.717) is 0 Å². The molecule has 0 saturated carbocycles. The van der Waals surface area contributed by atoms with Crippen molar-refractivity contribution in [2.45, 2.75) is 38.3 Å². The average Bonchev–Trinajstić information content (AvgIpc) is 1.48. The number of fused-ring (bicyclic) bond motifs is 30. The maximum Gasteiger partial charge on any atom is 0.143 e. The van der Waals surface area contributed by atoms with E-state index in [1.165, 1.54) is 0 Å². The van der Waals surface area contributed by atoms with E-state index < -0.39 is 809 Å². The van der Waals surface area contributed by atoms with Crippen molar-refractivity contribution in [3.8, 4) is 100 Å². The third-order valence-corrected chi connectivity index (χ3v) is 25.1. The maximum absolute atomic E-state index is 9.97. The van der Waals surface area contributed by atoms with Crippen LogP contribution in [0, 0.1) is 0 Å². The summed E-state index contributed by atoms with van der Waals surface area (Å²) in [6, 6.07) is -74.6. The molecule has 3 aromatic heterocycles. The van der Waals surface area contributed by atoms with Crippen LogP contribution in [0.4, 0.5) is 0 Å². The van der Waals surface area contributed by atoms with E-state index in [1.54, 1.807) is 0 Å². The SMILES string of the molecule is [2H]c1c([2H])c([2H])c(-c2c([2H])c([2H])c3c(c2[2H])c([2H])c([2H])c2c([2H])c(-c4c5c([2H])c([2H])c([2H])c([2H])c5c(-c5c([2H])c([2H])c([2H])c6oc7c8c([2H])c([2H])c([2H])c([2H])c8c([2H])c([2H])c7c56)c5c([2H])c([2H])c([2H])c([2H])c45)c([2H])c([2H])c23)c([2H])c1[2H].[2H]c1c([2H])c([2H])c2c(c1[2H])-c1c([2H])c([2H])c(-c3c4c([2H])c([2H])c([2H])c([2H])c4c(-c4c([2H])c([2H])c([2H])c5oc6c7c([2H])c([2H])c([2H])c([2H])c7c([2H])c([2H])c6c45)c4c([2H])c([2H])c([2H])c([2H])c34)c([2H])c1C2(C)C([2H])([2H])[2H].[2H]c1c([2H])c([2H])c2c(c1[2H])-c1c([2H])c([2H])c([2H])c(-c3c4c([2H])c([2H])c([2H])c([2H])c4c(-c4c([2H])c([2H])c([2H])c5oc6c7c([2H])c([2H])c([2H])c([2H])c7c([2H])c([2H])c6c45)c4c([2H])c([2H])c([2H])c([2H])c34)c1C2(C([2H])([2H])[2H])C([2H])([2H])[2H]. The molecular formula is C140H90O3. The molecule has 0 N–H and O–H groups in total. The summed E-state index contributed by atoms with van der Waals surface area (Å²) in [5.74, 6) is 0. The molecule has 0 radical (unpaired) electrons. The van der Waals surface area contributed by atoms with Gasteiger partial charge in [-0.05, 0) is 279 Å². The summed E-state index contributed by atoms with van der Waals surface area (Å²) in [6.07, 6.45) is 0. The summed E-state index contributed by atoms with van der Waals surface area (Å²) in [5.41, 5.74) is -27.6. The first-order chi connectivity index (χ1) is 107. The first kappa shape index (κ1) is 33.4. The van der Waals surface area contributed by atoms with Gasteiger partial charge in [-0.15, -0.1) is 0 Å². The fourth-order valence-electron chi connectivity index (χ4n) is 19.1. The van der Waals surface area contributed by atoms with Gasteiger partial charge in [0.15, 0.2) is 0 Å². The van der Waals surface area contributed by atoms with Crippen LogP contribution in [-0.4, -0.2) is 0 Å². The lowest BCUT2D eigenvalue weighted by atomic mass is 9.76. The van der Waals surface area contributed by atoms with Crippen molar-refractivity contribution >= 4 is 184 Å². The minimum Gasteiger partial charge on any atom is -0.455 e. The predicted octanol–water partition coefficient (Wildman–Crippen LogP) is 39.7. The second-order valence-electron chi connectivity index (χ2n) is 32.7. The molecule has 0 saturated heterocycles. The maximum atomic E-state index is 9.97. The van der Waals surface area contributed by atoms with Crippen LogP contribution < -0.4 is 0 Å². The van der Waals surface area contributed by atoms with Crippen molar-refractivity contribution in [2.24, 2.45) is 0 Å². The topological polar surface area (TPSA) is 39.4 Å². The van der Waals surface area contributed by atoms with Crippen LogP contribution in [0.3, 0.4) is 0 Å². The standard InChI is InChI=1S/C50H30O.2C45H30O/c1-2-11-31(12-3-1)33-24-26-37-34(29-33)21-22-35-30-36(25-27-38(35)37)47-40-15-6-8-17-42(40)48(43-18-9-7-16-41(43)47)44-19-10-20-46-49(44)45-28-23-32-13-4-5-14-39(32)50(45)51-46;1-45(2)38-23-10-9-15-29(38)34-20-11-22-36(43(34)45)41-32-18-7-5-16-30(32)40(31-17-6-8-19-33(31)41)35-21-12-24-39-42(35)37-26-25-27-13-3-4-14-28(27)44(37)46-39;1-45(2)38-20-10-9-14-30(38)31-24-23-28(26-39(31)45)41-32-15-5-7-17-34(32)42(35-18-8-6-16-33(35)41)36-19-11-21-40-43(36)37-25-22-27-12-3-4-13-29(27)44(37)46-40/h1-30H;2*3-26H,1-2H3/i1D,2D,3D,4D,5D,6D,7D,8D,9D,10D,11D,12D,13D,14D,15D,16D,17D,18D,19D,20D,21D,22D,23D,24D,25D,26D,27D,28D,29D,30D;1D3,2D3,3D,4D,5D,6D,7D,8D,9D,10D,11D,12D,13D,14D,15D,16D,17D,18D,19D,20D,21D,22D,23D,24D,25D,26D;1D3,3D,4D,5D,6D,7D,8D,9D,10D,11D,12D,13D,14D,15D,16D,17D,18D,19D,20D,21D,22D,23D,24D,25D,26D. The Labute approximate surface area is 947 Å². The zero-order valence-corrected chi connectivity index (χ0v) is 71.7. The summed E-state index contributed by atoms with van der Waals surface area (Å²) < 4.78 is 808. The Kier molecular flexibility index (Phi) is 7.41. The van der Waals surface area contributed by atoms with E-state index in [0.717, 1.165) is 6.92 Å². The van der Waals surface area contributed by atoms with Gasteiger partial charge in [-0.25, -0.2) is 0 Å². The molecule has 143 heavy (non-hydrogen) atoms. The fraction of sp³-hybridized carbons (Fsp3) is 0.0429. The van der Waals surface area contributed by atoms with Gasteiger partial charge in [0.05, 0.1) is 107 Å². The lowest BCUT2D eigenvalue weighted by Crippen LogP contribution is -2.16. The van der Waals surface area contributed by atoms with Crippen molar-refractivity contribution in [1.82, 2.24) is 0 Å². The van der Waals surface area contributed by atoms with Gasteiger partial charge in [0.25, 0.3) is 0 Å². The number of furan rings is 3. The predicted molar refractivity (Wildman–Crippen MR) is 607 cm³/mol. The monoisotopic (exact) mass is 1910 g/mol. The van der Waals surface area contributed by atoms with Crippen molar-refractivity contribution in [2.75, 3.05) is 0 Å². The first-order valence-electron chi connectivity index (χ1n) is 86.2. The highest BCUT2D eigenvalue weighted by Gasteiger charge is 2.40. The van der Waals surface area contributed by atoms with Crippen molar-refractivity contribution < 1.29 is 133 Å². The Morgan fingerprint density at radius 3 is 0.867 bits per heavy atom. The number of hydrogen-bond donors (Lipinski definition) is 0. The molecular weight excluding hydrogens is 1730 g/mol. The lowest BCUT2D eigenvalue weighted by Gasteiger charge is -2.26. The van der Waals surface area contributed by atoms with Gasteiger partial charge >= 0.3 is 0 Å². The Balaban J connectivity index is 0.000000145. The molecule has 1 unspecified atom stereocenters. The van der Waals surface area contributed by atoms with Crippen LogP contribution in [0.25, 0.3) is 284 Å². The molecule has 3 heterocycles. The van der Waals surface area contributed by atoms with E-state index in [2.05, 4.69) is 0 Å². The molecule has 3 heteroatoms. The van der Waals surface area contributed by atoms with Gasteiger partial charge < -0.3 is 13.3 Å². The lowest BCUT2D eigenvalue weighted by molar-refractivity contribution is 0.660. The minimum absolute atomic E-state index is 0.455. The van der Waals surface area contributed by atoms with Crippen LogP contribution in [0.2, 0.25) is 0 Å². The third kappa shape index (κ3) is 12.4. The molecule has 31 rings (SSSR count). The smallest absolute Gasteiger partial charge is 0.143 e. The molecule has 2 aliphatic carbocycles. The molecule has 0 fully saturated rings. The van der Waals surface area contributed by atoms with Gasteiger partial charge in [-0.3, -0.25) is 0 Å². The highest BCUT2D eigenvalue weighted by Crippen LogP contribution is 2.59. The Morgan fingerprint density at radius 1 is 0.175 bits per heavy atom. The van der Waals surface area contributed by atoms with Gasteiger partial charge in [0.1, 0.15) is 33.5 Å². The van der Waals surface area contributed by atoms with Gasteiger partial charge in [-0.1, -0.05) is 444 Å². The molecule has 1 atom stereocenters. The highest BCUT2D eigenvalue weighted by atomic mass is 16.3. The molecule has 668 valence electrons. The van der Waals surface area contributed by atoms with E-state index in [9.17, 15) is 42.5 Å². The van der Waals surface area contributed by atoms with Crippen molar-refractivity contribution in [3.05, 3.63) is 494 Å². The summed E-state index contributed by atoms with van der Waals surface area (Å²) in [7, 11) is 0. The molecule has 0 amide bonds. The molecule has 29 aromatic rings. The number of hydrogen-bond acceptors (Lipinski definition) is 3. The second kappa shape index (κ2) is 31.8. The van der Waals surface area contributed by atoms with Crippen LogP contribution in [0.15, 0.2) is 485 Å². The summed E-state index contributed by atoms with van der Waals surface area (Å²) in [4.78, 5) is 0. The summed E-state index contributed by atoms with van der Waals surface area (Å²) >= 11 is 0. The largest absolute Gasteiger partial charge is 0.455 e. The molecule has 2 aliphatic rings. The molecule has 0 aliphatic heterocycles. The fourth-order valence-corrected chi connectivity index (χ4v) is 19.1. The molecule has 0 spiro atoms. The summed E-state index contributed by atoms with van der Waals surface area (Å²) in [6.45, 7) is -10.3. The molecule has 3 nitrogen and oxygen atoms in total. The average molecular weight is 1910 g/mol. The molecule has 26 aromatic carbocycles. The number of benzene rings is 26. The quantitative estimate of drug-likeness (QED) is 0.118. The van der Waals surface area contributed by atoms with Crippen LogP contribution in [0.1, 0.15) is 169 Å². The number of rotatable bonds is 7. The van der Waals surface area contributed by atoms with Crippen LogP contribution in [0.5, 0.6) is 0 Å².